The number of methoxy groups -OCH3 is 1. The maximum absolute atomic E-state index is 11.8. The molecule has 0 saturated heterocycles. The van der Waals surface area contributed by atoms with Gasteiger partial charge >= 0.3 is 12.1 Å². The van der Waals surface area contributed by atoms with E-state index in [4.69, 9.17) is 4.74 Å². The Bertz CT molecular complexity index is 899. The van der Waals surface area contributed by atoms with Crippen LogP contribution in [0.15, 0.2) is 48.5 Å². The Labute approximate surface area is 155 Å². The van der Waals surface area contributed by atoms with Gasteiger partial charge < -0.3 is 14.8 Å². The smallest absolute Gasteiger partial charge is 0.408 e. The predicted molar refractivity (Wildman–Crippen MR) is 95.9 cm³/mol. The molecule has 0 spiro atoms. The van der Waals surface area contributed by atoms with Crippen molar-refractivity contribution in [2.24, 2.45) is 0 Å². The zero-order valence-corrected chi connectivity index (χ0v) is 14.4. The lowest BCUT2D eigenvalue weighted by atomic mass is 10.1. The van der Waals surface area contributed by atoms with Gasteiger partial charge in [-0.25, -0.2) is 9.59 Å². The summed E-state index contributed by atoms with van der Waals surface area (Å²) >= 11 is 0. The molecule has 1 N–H and O–H groups in total. The summed E-state index contributed by atoms with van der Waals surface area (Å²) in [7, 11) is 1.17. The van der Waals surface area contributed by atoms with Crippen molar-refractivity contribution in [1.82, 2.24) is 5.32 Å². The summed E-state index contributed by atoms with van der Waals surface area (Å²) < 4.78 is 9.65. The van der Waals surface area contributed by atoms with Crippen molar-refractivity contribution in [2.45, 2.75) is 6.61 Å². The number of carbonyl (C=O) groups excluding carboxylic acids is 2. The third-order valence-corrected chi connectivity index (χ3v) is 3.38. The molecule has 0 aliphatic carbocycles. The molecule has 0 heterocycles. The maximum atomic E-state index is 11.8. The fourth-order valence-electron chi connectivity index (χ4n) is 2.06. The van der Waals surface area contributed by atoms with Gasteiger partial charge in [0.25, 0.3) is 5.69 Å². The topological polar surface area (TPSA) is 108 Å². The van der Waals surface area contributed by atoms with Crippen LogP contribution in [0.2, 0.25) is 0 Å². The van der Waals surface area contributed by atoms with Crippen LogP contribution < -0.4 is 5.32 Å². The average Bonchev–Trinajstić information content (AvgIpc) is 2.69. The predicted octanol–water partition coefficient (Wildman–Crippen LogP) is 2.66. The number of ether oxygens (including phenoxy) is 2. The molecule has 0 aliphatic heterocycles. The molecule has 2 rings (SSSR count). The second-order valence-corrected chi connectivity index (χ2v) is 5.20. The first-order chi connectivity index (χ1) is 13.0. The van der Waals surface area contributed by atoms with Crippen LogP contribution >= 0.6 is 0 Å². The molecule has 0 radical (unpaired) electrons. The standard InChI is InChI=1S/C19H16N2O6/c1-26-18(22)17-12-16(21(24)25)10-9-15(17)8-5-11-20-19(23)27-13-14-6-3-2-4-7-14/h2-4,6-7,9-10,12H,11,13H2,1H3,(H,20,23). The number of benzene rings is 2. The van der Waals surface area contributed by atoms with Crippen LogP contribution in [0, 0.1) is 22.0 Å². The van der Waals surface area contributed by atoms with Crippen molar-refractivity contribution in [3.8, 4) is 11.8 Å². The number of nitrogens with one attached hydrogen (secondary N) is 1. The summed E-state index contributed by atoms with van der Waals surface area (Å²) in [5.41, 5.74) is 0.841. The van der Waals surface area contributed by atoms with Gasteiger partial charge in [-0.15, -0.1) is 0 Å². The number of non-ortho nitro benzene ring substituents is 1. The number of alkyl carbamates (subject to hydrolysis) is 1. The minimum atomic E-state index is -0.738. The van der Waals surface area contributed by atoms with Crippen molar-refractivity contribution in [2.75, 3.05) is 13.7 Å². The lowest BCUT2D eigenvalue weighted by Crippen LogP contribution is -2.24. The lowest BCUT2D eigenvalue weighted by Gasteiger charge is -2.04. The number of rotatable bonds is 5. The number of esters is 1. The molecular weight excluding hydrogens is 352 g/mol. The molecule has 2 aromatic carbocycles. The molecule has 0 atom stereocenters. The molecule has 27 heavy (non-hydrogen) atoms. The highest BCUT2D eigenvalue weighted by atomic mass is 16.6. The van der Waals surface area contributed by atoms with Crippen molar-refractivity contribution in [3.63, 3.8) is 0 Å². The highest BCUT2D eigenvalue weighted by Crippen LogP contribution is 2.18. The first kappa shape index (κ1) is 19.5. The monoisotopic (exact) mass is 368 g/mol. The van der Waals surface area contributed by atoms with Gasteiger partial charge in [0.2, 0.25) is 0 Å². The normalized spacial score (nSPS) is 9.52. The summed E-state index contributed by atoms with van der Waals surface area (Å²) in [6.07, 6.45) is -0.634. The van der Waals surface area contributed by atoms with E-state index >= 15 is 0 Å². The minimum Gasteiger partial charge on any atom is -0.465 e. The Balaban J connectivity index is 1.95. The number of nitrogens with zero attached hydrogens (tertiary/aromatic N) is 1. The van der Waals surface area contributed by atoms with E-state index in [-0.39, 0.29) is 30.0 Å². The van der Waals surface area contributed by atoms with Gasteiger partial charge in [0.1, 0.15) is 6.61 Å². The summed E-state index contributed by atoms with van der Waals surface area (Å²) in [6.45, 7) is 0.111. The molecule has 2 aromatic rings. The van der Waals surface area contributed by atoms with Gasteiger partial charge in [-0.1, -0.05) is 42.2 Å². The zero-order valence-electron chi connectivity index (χ0n) is 14.4. The first-order valence-electron chi connectivity index (χ1n) is 7.81. The number of hydrogen-bond donors (Lipinski definition) is 1. The molecule has 0 aromatic heterocycles. The third-order valence-electron chi connectivity index (χ3n) is 3.38. The first-order valence-corrected chi connectivity index (χ1v) is 7.81. The number of nitro groups is 1. The molecular formula is C19H16N2O6. The second kappa shape index (κ2) is 9.58. The van der Waals surface area contributed by atoms with E-state index in [1.54, 1.807) is 0 Å². The van der Waals surface area contributed by atoms with Gasteiger partial charge in [0.05, 0.1) is 24.1 Å². The van der Waals surface area contributed by atoms with Gasteiger partial charge in [0, 0.05) is 17.7 Å². The van der Waals surface area contributed by atoms with Gasteiger partial charge in [-0.2, -0.15) is 0 Å². The molecule has 8 heteroatoms. The van der Waals surface area contributed by atoms with Crippen LogP contribution in [0.3, 0.4) is 0 Å². The quantitative estimate of drug-likeness (QED) is 0.376. The van der Waals surface area contributed by atoms with E-state index in [1.165, 1.54) is 19.2 Å². The van der Waals surface area contributed by atoms with Crippen molar-refractivity contribution >= 4 is 17.7 Å². The Morgan fingerprint density at radius 3 is 2.59 bits per heavy atom. The summed E-state index contributed by atoms with van der Waals surface area (Å²) in [4.78, 5) is 33.6. The van der Waals surface area contributed by atoms with Crippen LogP contribution in [0.5, 0.6) is 0 Å². The van der Waals surface area contributed by atoms with Crippen LogP contribution in [0.4, 0.5) is 10.5 Å². The van der Waals surface area contributed by atoms with Crippen LogP contribution in [0.1, 0.15) is 21.5 Å². The summed E-state index contributed by atoms with van der Waals surface area (Å²) in [6, 6.07) is 12.9. The molecule has 0 saturated carbocycles. The van der Waals surface area contributed by atoms with Crippen molar-refractivity contribution < 1.29 is 24.0 Å². The van der Waals surface area contributed by atoms with Crippen LogP contribution in [0.25, 0.3) is 0 Å². The van der Waals surface area contributed by atoms with E-state index in [0.29, 0.717) is 0 Å². The third kappa shape index (κ3) is 5.86. The van der Waals surface area contributed by atoms with Crippen molar-refractivity contribution in [1.29, 1.82) is 0 Å². The SMILES string of the molecule is COC(=O)c1cc([N+](=O)[O-])ccc1C#CCNC(=O)OCc1ccccc1. The number of amides is 1. The fourth-order valence-corrected chi connectivity index (χ4v) is 2.06. The number of nitro benzene ring substituents is 1. The maximum Gasteiger partial charge on any atom is 0.408 e. The minimum absolute atomic E-state index is 0.0224. The average molecular weight is 368 g/mol. The molecule has 8 nitrogen and oxygen atoms in total. The van der Waals surface area contributed by atoms with E-state index in [2.05, 4.69) is 21.9 Å². The van der Waals surface area contributed by atoms with Crippen LogP contribution in [-0.2, 0) is 16.1 Å². The van der Waals surface area contributed by atoms with E-state index < -0.39 is 17.0 Å². The Morgan fingerprint density at radius 2 is 1.93 bits per heavy atom. The number of hydrogen-bond acceptors (Lipinski definition) is 6. The Morgan fingerprint density at radius 1 is 1.19 bits per heavy atom. The highest BCUT2D eigenvalue weighted by Gasteiger charge is 2.16. The van der Waals surface area contributed by atoms with E-state index in [0.717, 1.165) is 11.6 Å². The van der Waals surface area contributed by atoms with Crippen LogP contribution in [-0.4, -0.2) is 30.6 Å². The highest BCUT2D eigenvalue weighted by molar-refractivity contribution is 5.93. The Kier molecular flexibility index (Phi) is 6.91. The van der Waals surface area contributed by atoms with Gasteiger partial charge in [-0.3, -0.25) is 10.1 Å². The van der Waals surface area contributed by atoms with Crippen molar-refractivity contribution in [3.05, 3.63) is 75.3 Å². The molecule has 1 amide bonds. The van der Waals surface area contributed by atoms with E-state index in [9.17, 15) is 19.7 Å². The summed E-state index contributed by atoms with van der Waals surface area (Å²) in [5.74, 6) is 4.60. The molecule has 0 fully saturated rings. The second-order valence-electron chi connectivity index (χ2n) is 5.20. The lowest BCUT2D eigenvalue weighted by molar-refractivity contribution is -0.384. The Hall–Kier alpha value is -3.86. The van der Waals surface area contributed by atoms with E-state index in [1.807, 2.05) is 30.3 Å². The largest absolute Gasteiger partial charge is 0.465 e. The number of carbonyl (C=O) groups is 2. The molecule has 0 bridgehead atoms. The molecule has 0 aliphatic rings. The summed E-state index contributed by atoms with van der Waals surface area (Å²) in [5, 5.41) is 13.3. The molecule has 0 unspecified atom stereocenters. The molecule has 138 valence electrons. The zero-order chi connectivity index (χ0) is 19.6. The fraction of sp³-hybridized carbons (Fsp3) is 0.158. The van der Waals surface area contributed by atoms with Gasteiger partial charge in [0.15, 0.2) is 0 Å². The van der Waals surface area contributed by atoms with Gasteiger partial charge in [-0.05, 0) is 11.6 Å².